The van der Waals surface area contributed by atoms with E-state index in [1.54, 1.807) is 0 Å². The van der Waals surface area contributed by atoms with Crippen LogP contribution in [0.15, 0.2) is 24.5 Å². The lowest BCUT2D eigenvalue weighted by molar-refractivity contribution is 0.317. The number of nitrogens with one attached hydrogen (secondary N) is 2. The van der Waals surface area contributed by atoms with Crippen LogP contribution in [0.2, 0.25) is 5.02 Å². The van der Waals surface area contributed by atoms with Crippen molar-refractivity contribution in [2.24, 2.45) is 0 Å². The Morgan fingerprint density at radius 2 is 2.33 bits per heavy atom. The normalized spacial score (nSPS) is 10.3. The maximum Gasteiger partial charge on any atom is 0.218 e. The topological polar surface area (TPSA) is 62.8 Å². The van der Waals surface area contributed by atoms with Gasteiger partial charge >= 0.3 is 0 Å². The van der Waals surface area contributed by atoms with Crippen LogP contribution in [0.4, 0.5) is 5.95 Å². The molecule has 0 spiro atoms. The first-order chi connectivity index (χ1) is 8.79. The van der Waals surface area contributed by atoms with E-state index >= 15 is 0 Å². The smallest absolute Gasteiger partial charge is 0.218 e. The van der Waals surface area contributed by atoms with Crippen molar-refractivity contribution in [3.05, 3.63) is 35.1 Å². The third kappa shape index (κ3) is 3.37. The van der Waals surface area contributed by atoms with Crippen LogP contribution >= 0.6 is 11.6 Å². The second-order valence-electron chi connectivity index (χ2n) is 3.80. The minimum absolute atomic E-state index is 0.625. The maximum atomic E-state index is 6.14. The average molecular weight is 267 g/mol. The fourth-order valence-electron chi connectivity index (χ4n) is 1.46. The fourth-order valence-corrected chi connectivity index (χ4v) is 1.72. The van der Waals surface area contributed by atoms with Crippen LogP contribution in [0.5, 0.6) is 5.75 Å². The lowest BCUT2D eigenvalue weighted by Crippen LogP contribution is -2.02. The molecule has 2 aromatic rings. The molecule has 0 saturated heterocycles. The van der Waals surface area contributed by atoms with Gasteiger partial charge in [-0.25, -0.2) is 10.1 Å². The first-order valence-corrected chi connectivity index (χ1v) is 6.18. The summed E-state index contributed by atoms with van der Waals surface area (Å²) < 4.78 is 5.51. The average Bonchev–Trinajstić information content (AvgIpc) is 2.88. The van der Waals surface area contributed by atoms with Crippen molar-refractivity contribution in [3.63, 3.8) is 0 Å². The molecule has 0 atom stereocenters. The van der Waals surface area contributed by atoms with Gasteiger partial charge in [0.25, 0.3) is 0 Å². The Hall–Kier alpha value is -1.75. The predicted octanol–water partition coefficient (Wildman–Crippen LogP) is 2.86. The summed E-state index contributed by atoms with van der Waals surface area (Å²) in [5, 5.41) is 10.2. The Balaban J connectivity index is 1.95. The van der Waals surface area contributed by atoms with Crippen LogP contribution in [0, 0.1) is 0 Å². The first-order valence-electron chi connectivity index (χ1n) is 5.80. The second kappa shape index (κ2) is 6.26. The summed E-state index contributed by atoms with van der Waals surface area (Å²) in [6.45, 7) is 3.36. The van der Waals surface area contributed by atoms with E-state index < -0.39 is 0 Å². The molecule has 0 aliphatic heterocycles. The van der Waals surface area contributed by atoms with Crippen molar-refractivity contribution in [2.45, 2.75) is 19.9 Å². The molecule has 0 unspecified atom stereocenters. The number of benzene rings is 1. The van der Waals surface area contributed by atoms with Crippen LogP contribution in [0.25, 0.3) is 0 Å². The number of aromatic amines is 1. The highest BCUT2D eigenvalue weighted by molar-refractivity contribution is 6.32. The predicted molar refractivity (Wildman–Crippen MR) is 70.9 cm³/mol. The third-order valence-corrected chi connectivity index (χ3v) is 2.63. The van der Waals surface area contributed by atoms with Gasteiger partial charge in [0.1, 0.15) is 12.1 Å². The van der Waals surface area contributed by atoms with Gasteiger partial charge in [-0.2, -0.15) is 5.10 Å². The number of H-pyrrole nitrogens is 1. The molecule has 0 aliphatic carbocycles. The molecule has 0 radical (unpaired) electrons. The van der Waals surface area contributed by atoms with Gasteiger partial charge in [0.05, 0.1) is 11.6 Å². The summed E-state index contributed by atoms with van der Waals surface area (Å²) in [5.41, 5.74) is 1.06. The van der Waals surface area contributed by atoms with E-state index in [-0.39, 0.29) is 0 Å². The molecule has 1 aromatic carbocycles. The molecule has 0 amide bonds. The molecular weight excluding hydrogens is 252 g/mol. The van der Waals surface area contributed by atoms with E-state index in [1.165, 1.54) is 6.33 Å². The molecule has 0 fully saturated rings. The van der Waals surface area contributed by atoms with Crippen molar-refractivity contribution in [2.75, 3.05) is 11.9 Å². The Morgan fingerprint density at radius 3 is 3.00 bits per heavy atom. The van der Waals surface area contributed by atoms with Crippen molar-refractivity contribution in [1.29, 1.82) is 0 Å². The maximum absolute atomic E-state index is 6.14. The van der Waals surface area contributed by atoms with Gasteiger partial charge in [-0.3, -0.25) is 0 Å². The van der Waals surface area contributed by atoms with E-state index in [2.05, 4.69) is 27.4 Å². The van der Waals surface area contributed by atoms with Gasteiger partial charge in [-0.15, -0.1) is 0 Å². The first kappa shape index (κ1) is 12.7. The molecule has 0 bridgehead atoms. The van der Waals surface area contributed by atoms with E-state index in [4.69, 9.17) is 16.3 Å². The lowest BCUT2D eigenvalue weighted by atomic mass is 10.2. The van der Waals surface area contributed by atoms with E-state index in [0.29, 0.717) is 24.1 Å². The summed E-state index contributed by atoms with van der Waals surface area (Å²) >= 11 is 6.14. The van der Waals surface area contributed by atoms with Crippen LogP contribution in [0.3, 0.4) is 0 Å². The number of nitrogens with zero attached hydrogens (tertiary/aromatic N) is 2. The molecule has 2 rings (SSSR count). The zero-order valence-electron chi connectivity index (χ0n) is 10.1. The summed E-state index contributed by atoms with van der Waals surface area (Å²) in [5.74, 6) is 1.36. The summed E-state index contributed by atoms with van der Waals surface area (Å²) in [6.07, 6.45) is 2.42. The Kier molecular flexibility index (Phi) is 4.41. The van der Waals surface area contributed by atoms with Crippen molar-refractivity contribution in [1.82, 2.24) is 15.2 Å². The highest BCUT2D eigenvalue weighted by atomic mass is 35.5. The molecular formula is C12H15ClN4O. The van der Waals surface area contributed by atoms with E-state index in [9.17, 15) is 0 Å². The van der Waals surface area contributed by atoms with Gasteiger partial charge < -0.3 is 10.1 Å². The van der Waals surface area contributed by atoms with Crippen LogP contribution in [-0.4, -0.2) is 21.8 Å². The Labute approximate surface area is 111 Å². The minimum atomic E-state index is 0.625. The quantitative estimate of drug-likeness (QED) is 0.844. The van der Waals surface area contributed by atoms with Gasteiger partial charge in [-0.05, 0) is 24.1 Å². The van der Waals surface area contributed by atoms with Gasteiger partial charge in [0.15, 0.2) is 0 Å². The van der Waals surface area contributed by atoms with E-state index in [1.807, 2.05) is 18.2 Å². The SMILES string of the molecule is CCCOc1ccc(CNc2ncn[nH]2)cc1Cl. The molecule has 6 heteroatoms. The molecule has 0 aliphatic rings. The number of anilines is 1. The Morgan fingerprint density at radius 1 is 1.44 bits per heavy atom. The highest BCUT2D eigenvalue weighted by Gasteiger charge is 2.03. The molecule has 1 heterocycles. The summed E-state index contributed by atoms with van der Waals surface area (Å²) in [6, 6.07) is 5.74. The number of hydrogen-bond donors (Lipinski definition) is 2. The van der Waals surface area contributed by atoms with Crippen LogP contribution in [0.1, 0.15) is 18.9 Å². The summed E-state index contributed by atoms with van der Waals surface area (Å²) in [7, 11) is 0. The fraction of sp³-hybridized carbons (Fsp3) is 0.333. The molecule has 0 saturated carbocycles. The van der Waals surface area contributed by atoms with E-state index in [0.717, 1.165) is 17.7 Å². The molecule has 5 nitrogen and oxygen atoms in total. The number of hydrogen-bond acceptors (Lipinski definition) is 4. The van der Waals surface area contributed by atoms with Crippen molar-refractivity contribution < 1.29 is 4.74 Å². The van der Waals surface area contributed by atoms with Crippen molar-refractivity contribution in [3.8, 4) is 5.75 Å². The second-order valence-corrected chi connectivity index (χ2v) is 4.21. The molecule has 1 aromatic heterocycles. The minimum Gasteiger partial charge on any atom is -0.492 e. The number of ether oxygens (including phenoxy) is 1. The largest absolute Gasteiger partial charge is 0.492 e. The third-order valence-electron chi connectivity index (χ3n) is 2.33. The zero-order chi connectivity index (χ0) is 12.8. The van der Waals surface area contributed by atoms with Crippen LogP contribution < -0.4 is 10.1 Å². The standard InChI is InChI=1S/C12H15ClN4O/c1-2-5-18-11-4-3-9(6-10(11)13)7-14-12-15-8-16-17-12/h3-4,6,8H,2,5,7H2,1H3,(H2,14,15,16,17). The van der Waals surface area contributed by atoms with Gasteiger partial charge in [0.2, 0.25) is 5.95 Å². The Bertz CT molecular complexity index is 487. The lowest BCUT2D eigenvalue weighted by Gasteiger charge is -2.09. The molecule has 18 heavy (non-hydrogen) atoms. The highest BCUT2D eigenvalue weighted by Crippen LogP contribution is 2.25. The monoisotopic (exact) mass is 266 g/mol. The van der Waals surface area contributed by atoms with Gasteiger partial charge in [0, 0.05) is 6.54 Å². The molecule has 96 valence electrons. The summed E-state index contributed by atoms with van der Waals surface area (Å²) in [4.78, 5) is 3.98. The number of halogens is 1. The molecule has 2 N–H and O–H groups in total. The number of rotatable bonds is 6. The van der Waals surface area contributed by atoms with Crippen LogP contribution in [-0.2, 0) is 6.54 Å². The number of aromatic nitrogens is 3. The zero-order valence-corrected chi connectivity index (χ0v) is 10.9. The van der Waals surface area contributed by atoms with Gasteiger partial charge in [-0.1, -0.05) is 24.6 Å². The van der Waals surface area contributed by atoms with Crippen molar-refractivity contribution >= 4 is 17.5 Å².